The Hall–Kier alpha value is -1.77. The van der Waals surface area contributed by atoms with Gasteiger partial charge in [-0.25, -0.2) is 8.78 Å². The predicted molar refractivity (Wildman–Crippen MR) is 106 cm³/mol. The Bertz CT molecular complexity index is 727. The molecule has 1 aromatic rings. The largest absolute Gasteiger partial charge is 0.493 e. The number of nitrogens with zero attached hydrogens (tertiary/aromatic N) is 2. The van der Waals surface area contributed by atoms with Crippen LogP contribution < -0.4 is 10.1 Å². The van der Waals surface area contributed by atoms with Crippen molar-refractivity contribution in [3.8, 4) is 5.75 Å². The summed E-state index contributed by atoms with van der Waals surface area (Å²) in [5.74, 6) is -1.19. The van der Waals surface area contributed by atoms with Crippen molar-refractivity contribution in [2.45, 2.75) is 43.9 Å². The minimum absolute atomic E-state index is 0.0263. The Morgan fingerprint density at radius 1 is 1.38 bits per heavy atom. The fraction of sp³-hybridized carbons (Fsp3) is 0.667. The Labute approximate surface area is 171 Å². The van der Waals surface area contributed by atoms with E-state index in [0.717, 1.165) is 31.7 Å². The molecule has 29 heavy (non-hydrogen) atoms. The van der Waals surface area contributed by atoms with E-state index in [-0.39, 0.29) is 24.2 Å². The van der Waals surface area contributed by atoms with Crippen LogP contribution in [0.3, 0.4) is 0 Å². The Morgan fingerprint density at radius 2 is 2.17 bits per heavy atom. The fourth-order valence-corrected chi connectivity index (χ4v) is 4.45. The van der Waals surface area contributed by atoms with Crippen LogP contribution in [0.15, 0.2) is 12.1 Å². The summed E-state index contributed by atoms with van der Waals surface area (Å²) in [7, 11) is 4.87. The lowest BCUT2D eigenvalue weighted by Crippen LogP contribution is -2.63. The first-order chi connectivity index (χ1) is 13.8. The average Bonchev–Trinajstić information content (AvgIpc) is 2.67. The van der Waals surface area contributed by atoms with Gasteiger partial charge in [0.2, 0.25) is 5.91 Å². The van der Waals surface area contributed by atoms with Crippen LogP contribution in [0.1, 0.15) is 31.2 Å². The van der Waals surface area contributed by atoms with Crippen LogP contribution in [0.5, 0.6) is 5.75 Å². The summed E-state index contributed by atoms with van der Waals surface area (Å²) in [5, 5.41) is 3.40. The van der Waals surface area contributed by atoms with Gasteiger partial charge in [-0.2, -0.15) is 0 Å². The SMILES string of the molecule is COc1c(F)cc(F)cc1CN1CCO[C@]2(CCCC[C@H]2NCC(=O)N(C)C)C1. The van der Waals surface area contributed by atoms with Crippen molar-refractivity contribution in [3.05, 3.63) is 29.3 Å². The topological polar surface area (TPSA) is 54.0 Å². The van der Waals surface area contributed by atoms with Gasteiger partial charge < -0.3 is 19.7 Å². The molecular weight excluding hydrogens is 380 g/mol. The zero-order valence-electron chi connectivity index (χ0n) is 17.5. The zero-order chi connectivity index (χ0) is 21.0. The van der Waals surface area contributed by atoms with Gasteiger partial charge in [0, 0.05) is 51.4 Å². The van der Waals surface area contributed by atoms with Gasteiger partial charge in [-0.15, -0.1) is 0 Å². The number of nitrogens with one attached hydrogen (secondary N) is 1. The van der Waals surface area contributed by atoms with E-state index in [1.54, 1.807) is 19.0 Å². The Morgan fingerprint density at radius 3 is 2.90 bits per heavy atom. The standard InChI is InChI=1S/C21H31F2N3O3/c1-25(2)19(27)12-24-18-6-4-5-7-21(18)14-26(8-9-29-21)13-15-10-16(22)11-17(23)20(15)28-3/h10-11,18,24H,4-9,12-14H2,1-3H3/t18-,21-/m1/s1. The van der Waals surface area contributed by atoms with Gasteiger partial charge in [-0.3, -0.25) is 9.69 Å². The normalized spacial score (nSPS) is 25.2. The third-order valence-electron chi connectivity index (χ3n) is 5.95. The van der Waals surface area contributed by atoms with Crippen LogP contribution in [0.2, 0.25) is 0 Å². The molecule has 0 unspecified atom stereocenters. The van der Waals surface area contributed by atoms with Crippen molar-refractivity contribution in [3.63, 3.8) is 0 Å². The van der Waals surface area contributed by atoms with Crippen molar-refractivity contribution >= 4 is 5.91 Å². The second-order valence-corrected chi connectivity index (χ2v) is 8.17. The summed E-state index contributed by atoms with van der Waals surface area (Å²) < 4.78 is 39.3. The van der Waals surface area contributed by atoms with Crippen molar-refractivity contribution in [2.24, 2.45) is 0 Å². The molecule has 1 aliphatic carbocycles. The minimum Gasteiger partial charge on any atom is -0.493 e. The molecule has 8 heteroatoms. The molecule has 2 fully saturated rings. The van der Waals surface area contributed by atoms with Crippen LogP contribution in [0.4, 0.5) is 8.78 Å². The van der Waals surface area contributed by atoms with Crippen LogP contribution in [0.25, 0.3) is 0 Å². The second kappa shape index (κ2) is 9.36. The maximum atomic E-state index is 14.1. The molecule has 1 spiro atoms. The molecule has 1 saturated carbocycles. The number of ether oxygens (including phenoxy) is 2. The molecule has 1 amide bonds. The highest BCUT2D eigenvalue weighted by molar-refractivity contribution is 5.77. The van der Waals surface area contributed by atoms with Crippen LogP contribution in [-0.2, 0) is 16.1 Å². The molecule has 162 valence electrons. The first kappa shape index (κ1) is 21.9. The van der Waals surface area contributed by atoms with Crippen molar-refractivity contribution in [1.82, 2.24) is 15.1 Å². The van der Waals surface area contributed by atoms with Crippen molar-refractivity contribution < 1.29 is 23.0 Å². The zero-order valence-corrected chi connectivity index (χ0v) is 17.5. The predicted octanol–water partition coefficient (Wildman–Crippen LogP) is 2.16. The molecule has 2 atom stereocenters. The monoisotopic (exact) mass is 411 g/mol. The van der Waals surface area contributed by atoms with E-state index in [2.05, 4.69) is 10.2 Å². The maximum Gasteiger partial charge on any atom is 0.236 e. The van der Waals surface area contributed by atoms with Crippen LogP contribution >= 0.6 is 0 Å². The summed E-state index contributed by atoms with van der Waals surface area (Å²) in [5.41, 5.74) is 0.0903. The van der Waals surface area contributed by atoms with Gasteiger partial charge in [0.25, 0.3) is 0 Å². The summed E-state index contributed by atoms with van der Waals surface area (Å²) in [6.07, 6.45) is 3.98. The van der Waals surface area contributed by atoms with Crippen molar-refractivity contribution in [2.75, 3.05) is 47.4 Å². The molecule has 1 aliphatic heterocycles. The lowest BCUT2D eigenvalue weighted by molar-refractivity contribution is -0.147. The van der Waals surface area contributed by atoms with E-state index in [0.29, 0.717) is 31.8 Å². The molecule has 6 nitrogen and oxygen atoms in total. The van der Waals surface area contributed by atoms with E-state index < -0.39 is 17.2 Å². The summed E-state index contributed by atoms with van der Waals surface area (Å²) in [6.45, 7) is 2.51. The van der Waals surface area contributed by atoms with Gasteiger partial charge in [-0.1, -0.05) is 12.8 Å². The van der Waals surface area contributed by atoms with E-state index in [1.807, 2.05) is 0 Å². The van der Waals surface area contributed by atoms with Gasteiger partial charge in [0.1, 0.15) is 5.82 Å². The van der Waals surface area contributed by atoms with Gasteiger partial charge >= 0.3 is 0 Å². The van der Waals surface area contributed by atoms with Crippen LogP contribution in [0, 0.1) is 11.6 Å². The van der Waals surface area contributed by atoms with Gasteiger partial charge in [-0.05, 0) is 18.9 Å². The average molecular weight is 411 g/mol. The van der Waals surface area contributed by atoms with Gasteiger partial charge in [0.15, 0.2) is 11.6 Å². The molecule has 1 heterocycles. The number of morpholine rings is 1. The lowest BCUT2D eigenvalue weighted by atomic mass is 9.78. The number of benzene rings is 1. The molecular formula is C21H31F2N3O3. The lowest BCUT2D eigenvalue weighted by Gasteiger charge is -2.50. The summed E-state index contributed by atoms with van der Waals surface area (Å²) >= 11 is 0. The number of halogens is 2. The van der Waals surface area contributed by atoms with E-state index in [1.165, 1.54) is 13.2 Å². The van der Waals surface area contributed by atoms with Crippen LogP contribution in [-0.4, -0.2) is 74.8 Å². The number of carbonyl (C=O) groups excluding carboxylic acids is 1. The molecule has 0 radical (unpaired) electrons. The Kier molecular flexibility index (Phi) is 7.08. The first-order valence-corrected chi connectivity index (χ1v) is 10.2. The number of hydrogen-bond acceptors (Lipinski definition) is 5. The number of hydrogen-bond donors (Lipinski definition) is 1. The summed E-state index contributed by atoms with van der Waals surface area (Å²) in [6, 6.07) is 2.23. The third-order valence-corrected chi connectivity index (χ3v) is 5.95. The molecule has 1 aromatic carbocycles. The van der Waals surface area contributed by atoms with E-state index in [4.69, 9.17) is 9.47 Å². The highest BCUT2D eigenvalue weighted by atomic mass is 19.1. The number of carbonyl (C=O) groups is 1. The number of likely N-dealkylation sites (N-methyl/N-ethyl adjacent to an activating group) is 1. The molecule has 1 N–H and O–H groups in total. The molecule has 0 aromatic heterocycles. The molecule has 0 bridgehead atoms. The second-order valence-electron chi connectivity index (χ2n) is 8.17. The minimum atomic E-state index is -0.690. The molecule has 3 rings (SSSR count). The molecule has 1 saturated heterocycles. The highest BCUT2D eigenvalue weighted by Crippen LogP contribution is 2.36. The maximum absolute atomic E-state index is 14.1. The quantitative estimate of drug-likeness (QED) is 0.778. The Balaban J connectivity index is 1.73. The third kappa shape index (κ3) is 5.05. The highest BCUT2D eigenvalue weighted by Gasteiger charge is 2.45. The fourth-order valence-electron chi connectivity index (χ4n) is 4.45. The number of methoxy groups -OCH3 is 1. The van der Waals surface area contributed by atoms with E-state index in [9.17, 15) is 13.6 Å². The van der Waals surface area contributed by atoms with Gasteiger partial charge in [0.05, 0.1) is 25.9 Å². The van der Waals surface area contributed by atoms with E-state index >= 15 is 0 Å². The number of rotatable bonds is 6. The summed E-state index contributed by atoms with van der Waals surface area (Å²) in [4.78, 5) is 15.8. The number of amides is 1. The smallest absolute Gasteiger partial charge is 0.236 e. The first-order valence-electron chi connectivity index (χ1n) is 10.2. The molecule has 2 aliphatic rings. The van der Waals surface area contributed by atoms with Crippen molar-refractivity contribution in [1.29, 1.82) is 0 Å².